The first-order chi connectivity index (χ1) is 11.5. The Balaban J connectivity index is 1.71. The second-order valence-electron chi connectivity index (χ2n) is 5.48. The van der Waals surface area contributed by atoms with Crippen LogP contribution in [0.1, 0.15) is 6.92 Å². The highest BCUT2D eigenvalue weighted by molar-refractivity contribution is 6.36. The Morgan fingerprint density at radius 2 is 1.92 bits per heavy atom. The molecule has 6 nitrogen and oxygen atoms in total. The highest BCUT2D eigenvalue weighted by Gasteiger charge is 2.20. The topological polar surface area (TPSA) is 61.4 Å². The lowest BCUT2D eigenvalue weighted by Gasteiger charge is -2.34. The predicted molar refractivity (Wildman–Crippen MR) is 96.2 cm³/mol. The van der Waals surface area contributed by atoms with E-state index >= 15 is 0 Å². The Bertz CT molecular complexity index is 747. The molecule has 3 rings (SSSR count). The van der Waals surface area contributed by atoms with Crippen molar-refractivity contribution < 1.29 is 4.79 Å². The molecule has 1 aromatic carbocycles. The molecule has 0 bridgehead atoms. The molecule has 1 amide bonds. The van der Waals surface area contributed by atoms with Crippen molar-refractivity contribution in [1.29, 1.82) is 0 Å². The van der Waals surface area contributed by atoms with Gasteiger partial charge in [-0.15, -0.1) is 0 Å². The maximum atomic E-state index is 11.4. The van der Waals surface area contributed by atoms with Gasteiger partial charge in [-0.05, 0) is 24.3 Å². The number of amides is 1. The summed E-state index contributed by atoms with van der Waals surface area (Å²) in [7, 11) is 0. The van der Waals surface area contributed by atoms with Crippen molar-refractivity contribution in [1.82, 2.24) is 14.9 Å². The number of hydrogen-bond donors (Lipinski definition) is 1. The lowest BCUT2D eigenvalue weighted by atomic mass is 10.3. The van der Waals surface area contributed by atoms with E-state index in [1.807, 2.05) is 4.90 Å². The highest BCUT2D eigenvalue weighted by Crippen LogP contribution is 2.28. The highest BCUT2D eigenvalue weighted by atomic mass is 35.5. The summed E-state index contributed by atoms with van der Waals surface area (Å²) in [5.41, 5.74) is 0.729. The molecule has 1 aromatic heterocycles. The summed E-state index contributed by atoms with van der Waals surface area (Å²) in [5, 5.41) is 4.28. The number of benzene rings is 1. The van der Waals surface area contributed by atoms with Crippen LogP contribution in [0.4, 0.5) is 17.5 Å². The summed E-state index contributed by atoms with van der Waals surface area (Å²) in [5.74, 6) is 1.38. The number of anilines is 3. The summed E-state index contributed by atoms with van der Waals surface area (Å²) in [6.45, 7) is 4.38. The Morgan fingerprint density at radius 3 is 2.58 bits per heavy atom. The van der Waals surface area contributed by atoms with E-state index in [9.17, 15) is 4.79 Å². The van der Waals surface area contributed by atoms with Gasteiger partial charge in [0.25, 0.3) is 0 Å². The molecular formula is C16H17Cl2N5O. The first kappa shape index (κ1) is 16.8. The normalized spacial score (nSPS) is 14.6. The van der Waals surface area contributed by atoms with Gasteiger partial charge in [-0.25, -0.2) is 4.98 Å². The molecule has 0 atom stereocenters. The average Bonchev–Trinajstić information content (AvgIpc) is 2.58. The van der Waals surface area contributed by atoms with Gasteiger partial charge in [-0.2, -0.15) is 4.98 Å². The lowest BCUT2D eigenvalue weighted by molar-refractivity contribution is -0.129. The molecule has 0 unspecified atom stereocenters. The summed E-state index contributed by atoms with van der Waals surface area (Å²) >= 11 is 12.1. The van der Waals surface area contributed by atoms with Crippen LogP contribution in [0.15, 0.2) is 30.5 Å². The van der Waals surface area contributed by atoms with Crippen molar-refractivity contribution in [3.05, 3.63) is 40.5 Å². The Kier molecular flexibility index (Phi) is 5.06. The fraction of sp³-hybridized carbons (Fsp3) is 0.312. The van der Waals surface area contributed by atoms with Gasteiger partial charge < -0.3 is 15.1 Å². The van der Waals surface area contributed by atoms with Gasteiger partial charge >= 0.3 is 0 Å². The van der Waals surface area contributed by atoms with Gasteiger partial charge in [-0.3, -0.25) is 4.79 Å². The monoisotopic (exact) mass is 365 g/mol. The number of nitrogens with one attached hydrogen (secondary N) is 1. The van der Waals surface area contributed by atoms with E-state index in [0.717, 1.165) is 5.69 Å². The standard InChI is InChI=1S/C16H17Cl2N5O/c1-11(24)22-6-8-23(9-7-22)16-19-5-4-15(21-16)20-14-3-2-12(17)10-13(14)18/h2-5,10H,6-9H2,1H3,(H,19,20,21). The third-order valence-electron chi connectivity index (χ3n) is 3.84. The third kappa shape index (κ3) is 3.88. The number of hydrogen-bond acceptors (Lipinski definition) is 5. The van der Waals surface area contributed by atoms with Crippen molar-refractivity contribution in [3.63, 3.8) is 0 Å². The quantitative estimate of drug-likeness (QED) is 0.904. The number of aromatic nitrogens is 2. The van der Waals surface area contributed by atoms with Crippen LogP contribution in [-0.4, -0.2) is 47.0 Å². The van der Waals surface area contributed by atoms with Gasteiger partial charge in [0.15, 0.2) is 0 Å². The van der Waals surface area contributed by atoms with Gasteiger partial charge in [0.2, 0.25) is 11.9 Å². The number of piperazine rings is 1. The van der Waals surface area contributed by atoms with E-state index in [1.165, 1.54) is 0 Å². The van der Waals surface area contributed by atoms with E-state index in [0.29, 0.717) is 48.0 Å². The predicted octanol–water partition coefficient (Wildman–Crippen LogP) is 3.20. The van der Waals surface area contributed by atoms with Crippen LogP contribution in [0, 0.1) is 0 Å². The molecule has 8 heteroatoms. The maximum absolute atomic E-state index is 11.4. The fourth-order valence-electron chi connectivity index (χ4n) is 2.52. The molecule has 24 heavy (non-hydrogen) atoms. The van der Waals surface area contributed by atoms with Crippen LogP contribution in [-0.2, 0) is 4.79 Å². The first-order valence-electron chi connectivity index (χ1n) is 7.58. The molecule has 0 aliphatic carbocycles. The number of nitrogens with zero attached hydrogens (tertiary/aromatic N) is 4. The average molecular weight is 366 g/mol. The van der Waals surface area contributed by atoms with Crippen molar-refractivity contribution in [3.8, 4) is 0 Å². The molecule has 2 heterocycles. The van der Waals surface area contributed by atoms with Crippen LogP contribution in [0.25, 0.3) is 0 Å². The van der Waals surface area contributed by atoms with Crippen LogP contribution in [0.2, 0.25) is 10.0 Å². The number of carbonyl (C=O) groups is 1. The number of carbonyl (C=O) groups excluding carboxylic acids is 1. The molecule has 1 aliphatic heterocycles. The molecule has 0 saturated carbocycles. The van der Waals surface area contributed by atoms with Crippen LogP contribution < -0.4 is 10.2 Å². The molecule has 0 spiro atoms. The van der Waals surface area contributed by atoms with Crippen LogP contribution in [0.5, 0.6) is 0 Å². The van der Waals surface area contributed by atoms with E-state index < -0.39 is 0 Å². The Morgan fingerprint density at radius 1 is 1.17 bits per heavy atom. The molecule has 0 radical (unpaired) electrons. The lowest BCUT2D eigenvalue weighted by Crippen LogP contribution is -2.48. The van der Waals surface area contributed by atoms with Crippen molar-refractivity contribution >= 4 is 46.6 Å². The smallest absolute Gasteiger partial charge is 0.227 e. The van der Waals surface area contributed by atoms with Crippen LogP contribution >= 0.6 is 23.2 Å². The second-order valence-corrected chi connectivity index (χ2v) is 6.33. The van der Waals surface area contributed by atoms with E-state index in [2.05, 4.69) is 20.2 Å². The minimum Gasteiger partial charge on any atom is -0.339 e. The molecule has 1 aliphatic rings. The summed E-state index contributed by atoms with van der Waals surface area (Å²) in [6.07, 6.45) is 1.70. The largest absolute Gasteiger partial charge is 0.339 e. The molecule has 2 aromatic rings. The van der Waals surface area contributed by atoms with Gasteiger partial charge in [0.1, 0.15) is 5.82 Å². The van der Waals surface area contributed by atoms with Crippen molar-refractivity contribution in [2.75, 3.05) is 36.4 Å². The maximum Gasteiger partial charge on any atom is 0.227 e. The SMILES string of the molecule is CC(=O)N1CCN(c2nccc(Nc3ccc(Cl)cc3Cl)n2)CC1. The fourth-order valence-corrected chi connectivity index (χ4v) is 2.98. The first-order valence-corrected chi connectivity index (χ1v) is 8.34. The van der Waals surface area contributed by atoms with E-state index in [1.54, 1.807) is 37.4 Å². The zero-order valence-electron chi connectivity index (χ0n) is 13.2. The van der Waals surface area contributed by atoms with Gasteiger partial charge in [-0.1, -0.05) is 23.2 Å². The summed E-state index contributed by atoms with van der Waals surface area (Å²) in [6, 6.07) is 7.02. The van der Waals surface area contributed by atoms with Gasteiger partial charge in [0, 0.05) is 44.3 Å². The Labute approximate surface area is 150 Å². The van der Waals surface area contributed by atoms with E-state index in [4.69, 9.17) is 23.2 Å². The number of halogens is 2. The van der Waals surface area contributed by atoms with Gasteiger partial charge in [0.05, 0.1) is 10.7 Å². The van der Waals surface area contributed by atoms with E-state index in [-0.39, 0.29) is 5.91 Å². The molecule has 1 fully saturated rings. The molecule has 126 valence electrons. The zero-order chi connectivity index (χ0) is 17.1. The number of rotatable bonds is 3. The minimum atomic E-state index is 0.100. The summed E-state index contributed by atoms with van der Waals surface area (Å²) < 4.78 is 0. The summed E-state index contributed by atoms with van der Waals surface area (Å²) in [4.78, 5) is 24.2. The second kappa shape index (κ2) is 7.23. The molecular weight excluding hydrogens is 349 g/mol. The van der Waals surface area contributed by atoms with Crippen molar-refractivity contribution in [2.45, 2.75) is 6.92 Å². The van der Waals surface area contributed by atoms with Crippen molar-refractivity contribution in [2.24, 2.45) is 0 Å². The molecule has 1 N–H and O–H groups in total. The van der Waals surface area contributed by atoms with Crippen LogP contribution in [0.3, 0.4) is 0 Å². The zero-order valence-corrected chi connectivity index (χ0v) is 14.7. The third-order valence-corrected chi connectivity index (χ3v) is 4.39. The molecule has 1 saturated heterocycles. The minimum absolute atomic E-state index is 0.100. The Hall–Kier alpha value is -2.05.